The highest BCUT2D eigenvalue weighted by atomic mass is 16.2. The van der Waals surface area contributed by atoms with E-state index in [-0.39, 0.29) is 24.4 Å². The summed E-state index contributed by atoms with van der Waals surface area (Å²) in [5.74, 6) is -0.0515. The zero-order valence-electron chi connectivity index (χ0n) is 12.4. The number of piperidine rings is 1. The van der Waals surface area contributed by atoms with Gasteiger partial charge in [0.1, 0.15) is 0 Å². The Morgan fingerprint density at radius 1 is 1.29 bits per heavy atom. The molecular formula is C16H23N3O2. The molecule has 0 saturated carbocycles. The third-order valence-electron chi connectivity index (χ3n) is 4.03. The van der Waals surface area contributed by atoms with Gasteiger partial charge in [0.2, 0.25) is 5.91 Å². The number of imide groups is 1. The third kappa shape index (κ3) is 4.65. The first-order chi connectivity index (χ1) is 10.1. The Balaban J connectivity index is 1.77. The van der Waals surface area contributed by atoms with Crippen LogP contribution >= 0.6 is 0 Å². The fourth-order valence-electron chi connectivity index (χ4n) is 2.67. The minimum Gasteiger partial charge on any atom is -0.328 e. The van der Waals surface area contributed by atoms with E-state index < -0.39 is 0 Å². The molecular weight excluding hydrogens is 266 g/mol. The largest absolute Gasteiger partial charge is 0.328 e. The van der Waals surface area contributed by atoms with Crippen LogP contribution < -0.4 is 11.1 Å². The molecule has 1 heterocycles. The summed E-state index contributed by atoms with van der Waals surface area (Å²) in [4.78, 5) is 25.9. The number of carbonyl (C=O) groups excluding carboxylic acids is 2. The van der Waals surface area contributed by atoms with Crippen molar-refractivity contribution >= 4 is 11.8 Å². The molecule has 3 N–H and O–H groups in total. The molecule has 1 fully saturated rings. The maximum Gasteiger partial charge on any atom is 0.257 e. The van der Waals surface area contributed by atoms with E-state index in [0.717, 1.165) is 25.9 Å². The maximum absolute atomic E-state index is 11.9. The summed E-state index contributed by atoms with van der Waals surface area (Å²) in [5, 5.41) is 2.43. The number of rotatable bonds is 4. The molecule has 0 aliphatic carbocycles. The first-order valence-corrected chi connectivity index (χ1v) is 7.43. The Bertz CT molecular complexity index is 480. The van der Waals surface area contributed by atoms with Crippen LogP contribution in [-0.4, -0.2) is 42.4 Å². The van der Waals surface area contributed by atoms with Crippen LogP contribution in [0.25, 0.3) is 0 Å². The molecule has 1 aliphatic rings. The smallest absolute Gasteiger partial charge is 0.257 e. The van der Waals surface area contributed by atoms with E-state index >= 15 is 0 Å². The molecule has 0 spiro atoms. The van der Waals surface area contributed by atoms with Gasteiger partial charge in [-0.2, -0.15) is 0 Å². The molecule has 21 heavy (non-hydrogen) atoms. The summed E-state index contributed by atoms with van der Waals surface area (Å²) in [6, 6.07) is 8.98. The van der Waals surface area contributed by atoms with Crippen LogP contribution in [-0.2, 0) is 4.79 Å². The lowest BCUT2D eigenvalue weighted by atomic mass is 9.91. The van der Waals surface area contributed by atoms with E-state index in [0.29, 0.717) is 11.5 Å². The highest BCUT2D eigenvalue weighted by Gasteiger charge is 2.23. The summed E-state index contributed by atoms with van der Waals surface area (Å²) < 4.78 is 0. The van der Waals surface area contributed by atoms with Gasteiger partial charge in [0.25, 0.3) is 5.91 Å². The molecule has 114 valence electrons. The molecule has 0 aromatic heterocycles. The molecule has 1 aromatic rings. The highest BCUT2D eigenvalue weighted by molar-refractivity contribution is 6.05. The Hall–Kier alpha value is -1.72. The van der Waals surface area contributed by atoms with Crippen molar-refractivity contribution in [3.8, 4) is 0 Å². The molecule has 5 nitrogen and oxygen atoms in total. The number of amides is 2. The highest BCUT2D eigenvalue weighted by Crippen LogP contribution is 2.19. The quantitative estimate of drug-likeness (QED) is 0.867. The van der Waals surface area contributed by atoms with Gasteiger partial charge in [0, 0.05) is 11.6 Å². The number of nitrogens with one attached hydrogen (secondary N) is 1. The zero-order chi connectivity index (χ0) is 15.2. The van der Waals surface area contributed by atoms with Gasteiger partial charge < -0.3 is 5.73 Å². The van der Waals surface area contributed by atoms with Crippen LogP contribution in [0.3, 0.4) is 0 Å². The number of benzene rings is 1. The molecule has 1 atom stereocenters. The first-order valence-electron chi connectivity index (χ1n) is 7.43. The Labute approximate surface area is 125 Å². The molecule has 2 rings (SSSR count). The van der Waals surface area contributed by atoms with Gasteiger partial charge in [-0.3, -0.25) is 19.8 Å². The van der Waals surface area contributed by atoms with Crippen LogP contribution in [0.2, 0.25) is 0 Å². The maximum atomic E-state index is 11.9. The minimum absolute atomic E-state index is 0.209. The second-order valence-corrected chi connectivity index (χ2v) is 5.72. The average molecular weight is 289 g/mol. The Morgan fingerprint density at radius 2 is 1.90 bits per heavy atom. The minimum atomic E-state index is -0.342. The molecule has 0 bridgehead atoms. The third-order valence-corrected chi connectivity index (χ3v) is 4.03. The van der Waals surface area contributed by atoms with Crippen LogP contribution in [0.4, 0.5) is 0 Å². The molecule has 1 aromatic carbocycles. The SMILES string of the molecule is CC(N)C1CCN(CC(=O)NC(=O)c2ccccc2)CC1. The van der Waals surface area contributed by atoms with Crippen LogP contribution in [0.1, 0.15) is 30.1 Å². The van der Waals surface area contributed by atoms with E-state index in [9.17, 15) is 9.59 Å². The molecule has 1 unspecified atom stereocenters. The van der Waals surface area contributed by atoms with Crippen molar-refractivity contribution in [1.29, 1.82) is 0 Å². The van der Waals surface area contributed by atoms with Crippen molar-refractivity contribution in [1.82, 2.24) is 10.2 Å². The topological polar surface area (TPSA) is 75.4 Å². The Morgan fingerprint density at radius 3 is 2.48 bits per heavy atom. The number of carbonyl (C=O) groups is 2. The van der Waals surface area contributed by atoms with Gasteiger partial charge >= 0.3 is 0 Å². The average Bonchev–Trinajstić information content (AvgIpc) is 2.48. The van der Waals surface area contributed by atoms with Crippen molar-refractivity contribution < 1.29 is 9.59 Å². The fourth-order valence-corrected chi connectivity index (χ4v) is 2.67. The van der Waals surface area contributed by atoms with E-state index in [2.05, 4.69) is 10.2 Å². The number of hydrogen-bond acceptors (Lipinski definition) is 4. The van der Waals surface area contributed by atoms with Crippen molar-refractivity contribution in [3.05, 3.63) is 35.9 Å². The lowest BCUT2D eigenvalue weighted by molar-refractivity contribution is -0.121. The molecule has 0 radical (unpaired) electrons. The summed E-state index contributed by atoms with van der Waals surface area (Å²) in [6.45, 7) is 4.02. The second kappa shape index (κ2) is 7.33. The van der Waals surface area contributed by atoms with E-state index in [1.807, 2.05) is 13.0 Å². The Kier molecular flexibility index (Phi) is 5.47. The van der Waals surface area contributed by atoms with Gasteiger partial charge in [-0.25, -0.2) is 0 Å². The van der Waals surface area contributed by atoms with Gasteiger partial charge in [0.05, 0.1) is 6.54 Å². The van der Waals surface area contributed by atoms with Crippen LogP contribution in [0, 0.1) is 5.92 Å². The van der Waals surface area contributed by atoms with Gasteiger partial charge in [-0.05, 0) is 50.9 Å². The van der Waals surface area contributed by atoms with Crippen LogP contribution in [0.5, 0.6) is 0 Å². The molecule has 1 aliphatic heterocycles. The van der Waals surface area contributed by atoms with E-state index in [4.69, 9.17) is 5.73 Å². The number of likely N-dealkylation sites (tertiary alicyclic amines) is 1. The van der Waals surface area contributed by atoms with Crippen molar-refractivity contribution in [2.24, 2.45) is 11.7 Å². The van der Waals surface area contributed by atoms with E-state index in [1.165, 1.54) is 0 Å². The summed E-state index contributed by atoms with van der Waals surface area (Å²) in [7, 11) is 0. The monoisotopic (exact) mass is 289 g/mol. The van der Waals surface area contributed by atoms with Crippen molar-refractivity contribution in [2.75, 3.05) is 19.6 Å². The predicted octanol–water partition coefficient (Wildman–Crippen LogP) is 1.00. The molecule has 2 amide bonds. The second-order valence-electron chi connectivity index (χ2n) is 5.72. The van der Waals surface area contributed by atoms with Gasteiger partial charge in [0.15, 0.2) is 0 Å². The number of hydrogen-bond donors (Lipinski definition) is 2. The number of nitrogens with two attached hydrogens (primary N) is 1. The first kappa shape index (κ1) is 15.7. The van der Waals surface area contributed by atoms with Crippen LogP contribution in [0.15, 0.2) is 30.3 Å². The standard InChI is InChI=1S/C16H23N3O2/c1-12(17)13-7-9-19(10-8-13)11-15(20)18-16(21)14-5-3-2-4-6-14/h2-6,12-13H,7-11,17H2,1H3,(H,18,20,21). The zero-order valence-corrected chi connectivity index (χ0v) is 12.4. The van der Waals surface area contributed by atoms with Gasteiger partial charge in [-0.1, -0.05) is 18.2 Å². The van der Waals surface area contributed by atoms with Crippen molar-refractivity contribution in [2.45, 2.75) is 25.8 Å². The van der Waals surface area contributed by atoms with E-state index in [1.54, 1.807) is 24.3 Å². The van der Waals surface area contributed by atoms with Gasteiger partial charge in [-0.15, -0.1) is 0 Å². The normalized spacial score (nSPS) is 18.2. The summed E-state index contributed by atoms with van der Waals surface area (Å²) >= 11 is 0. The number of nitrogens with zero attached hydrogens (tertiary/aromatic N) is 1. The van der Waals surface area contributed by atoms with Crippen molar-refractivity contribution in [3.63, 3.8) is 0 Å². The lowest BCUT2D eigenvalue weighted by Gasteiger charge is -2.33. The summed E-state index contributed by atoms with van der Waals surface area (Å²) in [5.41, 5.74) is 6.40. The fraction of sp³-hybridized carbons (Fsp3) is 0.500. The predicted molar refractivity (Wildman–Crippen MR) is 81.7 cm³/mol. The molecule has 5 heteroatoms. The lowest BCUT2D eigenvalue weighted by Crippen LogP contribution is -2.45. The summed E-state index contributed by atoms with van der Waals surface area (Å²) in [6.07, 6.45) is 2.02. The molecule has 1 saturated heterocycles.